The molecule has 0 bridgehead atoms. The Hall–Kier alpha value is -2.32. The average molecular weight is 352 g/mol. The predicted molar refractivity (Wildman–Crippen MR) is 88.6 cm³/mol. The van der Waals surface area contributed by atoms with Gasteiger partial charge in [0.05, 0.1) is 0 Å². The summed E-state index contributed by atoms with van der Waals surface area (Å²) in [5, 5.41) is 0. The highest BCUT2D eigenvalue weighted by Crippen LogP contribution is 2.14. The number of sulfonamides is 1. The second-order valence-corrected chi connectivity index (χ2v) is 7.06. The molecule has 1 aromatic carbocycles. The first-order chi connectivity index (χ1) is 11.3. The van der Waals surface area contributed by atoms with Gasteiger partial charge >= 0.3 is 5.97 Å². The zero-order chi connectivity index (χ0) is 17.7. The number of carbonyl (C=O) groups is 1. The molecule has 0 aliphatic carbocycles. The van der Waals surface area contributed by atoms with Crippen LogP contribution >= 0.6 is 0 Å². The van der Waals surface area contributed by atoms with Gasteiger partial charge in [0.1, 0.15) is 29.6 Å². The number of rotatable bonds is 7. The minimum absolute atomic E-state index is 0.00959. The normalized spacial score (nSPS) is 11.3. The van der Waals surface area contributed by atoms with Gasteiger partial charge in [-0.2, -0.15) is 0 Å². The zero-order valence-corrected chi connectivity index (χ0v) is 14.6. The number of ether oxygens (including phenoxy) is 2. The summed E-state index contributed by atoms with van der Waals surface area (Å²) >= 11 is 0. The molecule has 0 atom stereocenters. The van der Waals surface area contributed by atoms with Crippen LogP contribution in [0.1, 0.15) is 16.1 Å². The minimum Gasteiger partial charge on any atom is -0.490 e. The summed E-state index contributed by atoms with van der Waals surface area (Å²) in [7, 11) is -0.716. The first-order valence-electron chi connectivity index (χ1n) is 7.30. The van der Waals surface area contributed by atoms with Crippen LogP contribution < -0.4 is 9.46 Å². The fourth-order valence-corrected chi connectivity index (χ4v) is 2.80. The van der Waals surface area contributed by atoms with Gasteiger partial charge in [-0.1, -0.05) is 17.7 Å². The third-order valence-corrected chi connectivity index (χ3v) is 4.76. The molecule has 24 heavy (non-hydrogen) atoms. The zero-order valence-electron chi connectivity index (χ0n) is 13.8. The van der Waals surface area contributed by atoms with E-state index in [4.69, 9.17) is 9.47 Å². The topological polar surface area (TPSA) is 86.6 Å². The van der Waals surface area contributed by atoms with Crippen molar-refractivity contribution in [1.29, 1.82) is 0 Å². The molecule has 2 aromatic rings. The predicted octanol–water partition coefficient (Wildman–Crippen LogP) is 1.48. The number of nitrogens with one attached hydrogen (secondary N) is 1. The second kappa shape index (κ2) is 7.50. The summed E-state index contributed by atoms with van der Waals surface area (Å²) in [4.78, 5) is 12.0. The van der Waals surface area contributed by atoms with Crippen molar-refractivity contribution in [3.63, 3.8) is 0 Å². The lowest BCUT2D eigenvalue weighted by molar-refractivity contribution is 0.0439. The van der Waals surface area contributed by atoms with Crippen molar-refractivity contribution in [2.75, 3.05) is 20.3 Å². The summed E-state index contributed by atoms with van der Waals surface area (Å²) in [6, 6.07) is 8.80. The molecule has 0 radical (unpaired) electrons. The van der Waals surface area contributed by atoms with Gasteiger partial charge in [-0.3, -0.25) is 0 Å². The molecule has 0 fully saturated rings. The van der Waals surface area contributed by atoms with Crippen molar-refractivity contribution >= 4 is 16.0 Å². The first-order valence-corrected chi connectivity index (χ1v) is 8.78. The molecule has 130 valence electrons. The molecule has 7 nitrogen and oxygen atoms in total. The lowest BCUT2D eigenvalue weighted by Gasteiger charge is -2.08. The van der Waals surface area contributed by atoms with Crippen LogP contribution in [0.3, 0.4) is 0 Å². The molecular formula is C16H20N2O5S. The fourth-order valence-electron chi connectivity index (χ4n) is 2.00. The Balaban J connectivity index is 1.90. The second-order valence-electron chi connectivity index (χ2n) is 5.18. The molecule has 1 heterocycles. The van der Waals surface area contributed by atoms with Crippen molar-refractivity contribution in [2.24, 2.45) is 7.05 Å². The highest BCUT2D eigenvalue weighted by Gasteiger charge is 2.19. The van der Waals surface area contributed by atoms with E-state index in [-0.39, 0.29) is 23.8 Å². The Labute approximate surface area is 141 Å². The Bertz CT molecular complexity index is 809. The van der Waals surface area contributed by atoms with Crippen LogP contribution in [0.2, 0.25) is 0 Å². The van der Waals surface area contributed by atoms with E-state index in [9.17, 15) is 13.2 Å². The highest BCUT2D eigenvalue weighted by atomic mass is 32.2. The molecule has 0 saturated heterocycles. The summed E-state index contributed by atoms with van der Waals surface area (Å²) in [6.07, 6.45) is 1.35. The van der Waals surface area contributed by atoms with Crippen LogP contribution in [0.5, 0.6) is 5.75 Å². The monoisotopic (exact) mass is 352 g/mol. The molecule has 0 unspecified atom stereocenters. The van der Waals surface area contributed by atoms with Crippen molar-refractivity contribution < 1.29 is 22.7 Å². The molecular weight excluding hydrogens is 332 g/mol. The van der Waals surface area contributed by atoms with Gasteiger partial charge < -0.3 is 14.0 Å². The molecule has 0 saturated carbocycles. The average Bonchev–Trinajstić information content (AvgIpc) is 2.96. The highest BCUT2D eigenvalue weighted by molar-refractivity contribution is 7.89. The number of aryl methyl sites for hydroxylation is 2. The number of carbonyl (C=O) groups excluding carboxylic acids is 1. The van der Waals surface area contributed by atoms with Crippen LogP contribution in [0, 0.1) is 6.92 Å². The van der Waals surface area contributed by atoms with Gasteiger partial charge in [-0.05, 0) is 32.2 Å². The lowest BCUT2D eigenvalue weighted by Crippen LogP contribution is -2.17. The van der Waals surface area contributed by atoms with Crippen molar-refractivity contribution in [1.82, 2.24) is 9.29 Å². The van der Waals surface area contributed by atoms with Crippen LogP contribution in [0.25, 0.3) is 0 Å². The van der Waals surface area contributed by atoms with E-state index < -0.39 is 16.0 Å². The summed E-state index contributed by atoms with van der Waals surface area (Å²) in [5.74, 6) is 0.0838. The number of aromatic nitrogens is 1. The van der Waals surface area contributed by atoms with Crippen molar-refractivity contribution in [3.8, 4) is 5.75 Å². The lowest BCUT2D eigenvalue weighted by atomic mass is 10.2. The van der Waals surface area contributed by atoms with Gasteiger partial charge in [-0.15, -0.1) is 0 Å². The number of hydrogen-bond acceptors (Lipinski definition) is 5. The molecule has 1 aromatic heterocycles. The van der Waals surface area contributed by atoms with E-state index in [1.54, 1.807) is 7.05 Å². The molecule has 8 heteroatoms. The molecule has 0 aliphatic rings. The summed E-state index contributed by atoms with van der Waals surface area (Å²) in [6.45, 7) is 2.25. The van der Waals surface area contributed by atoms with E-state index in [2.05, 4.69) is 4.72 Å². The number of benzene rings is 1. The van der Waals surface area contributed by atoms with Crippen LogP contribution in [-0.2, 0) is 21.8 Å². The Kier molecular flexibility index (Phi) is 5.63. The maximum absolute atomic E-state index is 12.0. The largest absolute Gasteiger partial charge is 0.490 e. The number of nitrogens with zero attached hydrogens (tertiary/aromatic N) is 1. The molecule has 1 N–H and O–H groups in total. The Morgan fingerprint density at radius 1 is 1.21 bits per heavy atom. The van der Waals surface area contributed by atoms with Gasteiger partial charge in [0, 0.05) is 13.2 Å². The summed E-state index contributed by atoms with van der Waals surface area (Å²) < 4.78 is 37.7. The maximum Gasteiger partial charge on any atom is 0.355 e. The van der Waals surface area contributed by atoms with Crippen molar-refractivity contribution in [2.45, 2.75) is 11.8 Å². The molecule has 2 rings (SSSR count). The standard InChI is InChI=1S/C16H20N2O5S/c1-12-4-6-13(7-5-12)22-8-9-23-16(19)15-10-14(11-18(15)3)24(20,21)17-2/h4-7,10-11,17H,8-9H2,1-3H3. The maximum atomic E-state index is 12.0. The quantitative estimate of drug-likeness (QED) is 0.602. The smallest absolute Gasteiger partial charge is 0.355 e. The van der Waals surface area contributed by atoms with Crippen molar-refractivity contribution in [3.05, 3.63) is 47.8 Å². The van der Waals surface area contributed by atoms with Crippen LogP contribution in [0.4, 0.5) is 0 Å². The van der Waals surface area contributed by atoms with Crippen LogP contribution in [0.15, 0.2) is 41.4 Å². The number of esters is 1. The summed E-state index contributed by atoms with van der Waals surface area (Å²) in [5.41, 5.74) is 1.28. The first kappa shape index (κ1) is 18.0. The van der Waals surface area contributed by atoms with E-state index in [0.717, 1.165) is 5.56 Å². The molecule has 0 amide bonds. The van der Waals surface area contributed by atoms with Crippen LogP contribution in [-0.4, -0.2) is 39.2 Å². The van der Waals surface area contributed by atoms with E-state index in [0.29, 0.717) is 5.75 Å². The fraction of sp³-hybridized carbons (Fsp3) is 0.312. The van der Waals surface area contributed by atoms with Gasteiger partial charge in [0.15, 0.2) is 0 Å². The molecule has 0 spiro atoms. The van der Waals surface area contributed by atoms with Gasteiger partial charge in [0.2, 0.25) is 10.0 Å². The van der Waals surface area contributed by atoms with Gasteiger partial charge in [-0.25, -0.2) is 17.9 Å². The Morgan fingerprint density at radius 3 is 2.50 bits per heavy atom. The SMILES string of the molecule is CNS(=O)(=O)c1cc(C(=O)OCCOc2ccc(C)cc2)n(C)c1. The minimum atomic E-state index is -3.60. The Morgan fingerprint density at radius 2 is 1.88 bits per heavy atom. The van der Waals surface area contributed by atoms with E-state index in [1.165, 1.54) is 23.9 Å². The third kappa shape index (κ3) is 4.36. The molecule has 0 aliphatic heterocycles. The number of hydrogen-bond donors (Lipinski definition) is 1. The van der Waals surface area contributed by atoms with Gasteiger partial charge in [0.25, 0.3) is 0 Å². The van der Waals surface area contributed by atoms with E-state index in [1.807, 2.05) is 31.2 Å². The third-order valence-electron chi connectivity index (χ3n) is 3.37. The van der Waals surface area contributed by atoms with E-state index >= 15 is 0 Å².